The van der Waals surface area contributed by atoms with Crippen LogP contribution in [0.1, 0.15) is 20.7 Å². The van der Waals surface area contributed by atoms with Crippen molar-refractivity contribution in [1.29, 1.82) is 0 Å². The fourth-order valence-corrected chi connectivity index (χ4v) is 3.00. The molecule has 2 aromatic carbocycles. The van der Waals surface area contributed by atoms with Crippen LogP contribution in [0.25, 0.3) is 0 Å². The molecule has 1 unspecified atom stereocenters. The molecule has 0 N–H and O–H groups in total. The van der Waals surface area contributed by atoms with Gasteiger partial charge in [0, 0.05) is 17.2 Å². The number of ether oxygens (including phenoxy) is 4. The number of alkyl halides is 1. The van der Waals surface area contributed by atoms with Gasteiger partial charge in [0.1, 0.15) is 12.7 Å². The number of carbonyl (C=O) groups is 2. The van der Waals surface area contributed by atoms with Gasteiger partial charge in [0.25, 0.3) is 0 Å². The van der Waals surface area contributed by atoms with E-state index >= 15 is 0 Å². The first kappa shape index (κ1) is 21.5. The van der Waals surface area contributed by atoms with Crippen molar-refractivity contribution in [3.05, 3.63) is 69.7 Å². The molecule has 0 saturated carbocycles. The average Bonchev–Trinajstić information content (AvgIpc) is 3.02. The lowest BCUT2D eigenvalue weighted by atomic mass is 10.1. The fraction of sp³-hybridized carbons (Fsp3) is 0.300. The summed E-state index contributed by atoms with van der Waals surface area (Å²) in [7, 11) is 1.26. The molecule has 9 heteroatoms. The summed E-state index contributed by atoms with van der Waals surface area (Å²) in [5.74, 6) is -1.41. The van der Waals surface area contributed by atoms with Gasteiger partial charge in [0.15, 0.2) is 18.6 Å². The lowest BCUT2D eigenvalue weighted by Crippen LogP contribution is -2.37. The zero-order valence-electron chi connectivity index (χ0n) is 15.2. The van der Waals surface area contributed by atoms with Gasteiger partial charge in [-0.15, -0.1) is 0 Å². The van der Waals surface area contributed by atoms with Crippen LogP contribution in [0, 0.1) is 0 Å². The first-order chi connectivity index (χ1) is 13.9. The Morgan fingerprint density at radius 1 is 0.966 bits per heavy atom. The second-order valence-electron chi connectivity index (χ2n) is 6.21. The highest BCUT2D eigenvalue weighted by Gasteiger charge is 2.48. The molecule has 6 nitrogen and oxygen atoms in total. The molecule has 1 fully saturated rings. The van der Waals surface area contributed by atoms with E-state index in [1.54, 1.807) is 12.1 Å². The number of hydrogen-bond acceptors (Lipinski definition) is 6. The Bertz CT molecular complexity index is 858. The van der Waals surface area contributed by atoms with Crippen LogP contribution in [0.4, 0.5) is 4.39 Å². The van der Waals surface area contributed by atoms with E-state index in [1.165, 1.54) is 43.5 Å². The van der Waals surface area contributed by atoms with Gasteiger partial charge in [-0.3, -0.25) is 0 Å². The molecule has 2 aromatic rings. The Balaban J connectivity index is 1.66. The predicted octanol–water partition coefficient (Wildman–Crippen LogP) is 4.09. The van der Waals surface area contributed by atoms with Crippen LogP contribution in [-0.4, -0.2) is 50.3 Å². The molecule has 4 atom stereocenters. The molecule has 1 aliphatic heterocycles. The number of hydrogen-bond donors (Lipinski definition) is 0. The summed E-state index contributed by atoms with van der Waals surface area (Å²) in [6.45, 7) is -0.333. The van der Waals surface area contributed by atoms with Crippen molar-refractivity contribution in [2.24, 2.45) is 0 Å². The molecule has 3 rings (SSSR count). The standard InChI is InChI=1S/C20H17Cl2FO6/c1-26-20-16(23)17(29-19(25)12-4-8-14(22)9-5-12)15(28-20)10-27-18(24)11-2-6-13(21)7-3-11/h2-9,15-17,20H,10H2,1H3/t15-,16+,17-,20?/m1/s1. The number of rotatable bonds is 6. The summed E-state index contributed by atoms with van der Waals surface area (Å²) in [4.78, 5) is 24.5. The van der Waals surface area contributed by atoms with Crippen molar-refractivity contribution >= 4 is 35.1 Å². The molecule has 0 bridgehead atoms. The average molecular weight is 443 g/mol. The third-order valence-corrected chi connectivity index (χ3v) is 4.77. The third-order valence-electron chi connectivity index (χ3n) is 4.26. The van der Waals surface area contributed by atoms with Gasteiger partial charge in [-0.2, -0.15) is 0 Å². The number of halogens is 3. The Morgan fingerprint density at radius 3 is 2.00 bits per heavy atom. The van der Waals surface area contributed by atoms with Crippen LogP contribution >= 0.6 is 23.2 Å². The molecule has 0 amide bonds. The molecule has 154 valence electrons. The summed E-state index contributed by atoms with van der Waals surface area (Å²) >= 11 is 11.6. The van der Waals surface area contributed by atoms with Gasteiger partial charge < -0.3 is 18.9 Å². The van der Waals surface area contributed by atoms with E-state index in [0.717, 1.165) is 0 Å². The topological polar surface area (TPSA) is 71.1 Å². The summed E-state index contributed by atoms with van der Waals surface area (Å²) in [6.07, 6.45) is -5.36. The summed E-state index contributed by atoms with van der Waals surface area (Å²) in [5.41, 5.74) is 0.460. The Kier molecular flexibility index (Phi) is 7.08. The molecule has 29 heavy (non-hydrogen) atoms. The Hall–Kier alpha value is -2.19. The smallest absolute Gasteiger partial charge is 0.338 e. The van der Waals surface area contributed by atoms with Gasteiger partial charge in [-0.1, -0.05) is 23.2 Å². The Morgan fingerprint density at radius 2 is 1.48 bits per heavy atom. The van der Waals surface area contributed by atoms with E-state index in [-0.39, 0.29) is 17.7 Å². The van der Waals surface area contributed by atoms with Crippen LogP contribution in [0.5, 0.6) is 0 Å². The minimum Gasteiger partial charge on any atom is -0.459 e. The maximum Gasteiger partial charge on any atom is 0.338 e. The minimum atomic E-state index is -1.75. The lowest BCUT2D eigenvalue weighted by Gasteiger charge is -2.19. The number of carbonyl (C=O) groups excluding carboxylic acids is 2. The molecular weight excluding hydrogens is 426 g/mol. The highest BCUT2D eigenvalue weighted by Crippen LogP contribution is 2.28. The summed E-state index contributed by atoms with van der Waals surface area (Å²) < 4.78 is 35.4. The van der Waals surface area contributed by atoms with Crippen molar-refractivity contribution in [1.82, 2.24) is 0 Å². The van der Waals surface area contributed by atoms with Crippen LogP contribution < -0.4 is 0 Å². The van der Waals surface area contributed by atoms with Gasteiger partial charge in [0.05, 0.1) is 11.1 Å². The molecule has 1 saturated heterocycles. The Labute approximate surface area is 176 Å². The third kappa shape index (κ3) is 5.25. The van der Waals surface area contributed by atoms with E-state index in [9.17, 15) is 14.0 Å². The highest BCUT2D eigenvalue weighted by atomic mass is 35.5. The number of esters is 2. The van der Waals surface area contributed by atoms with Gasteiger partial charge in [0.2, 0.25) is 0 Å². The largest absolute Gasteiger partial charge is 0.459 e. The molecule has 0 radical (unpaired) electrons. The van der Waals surface area contributed by atoms with Crippen molar-refractivity contribution in [3.63, 3.8) is 0 Å². The van der Waals surface area contributed by atoms with Crippen molar-refractivity contribution in [3.8, 4) is 0 Å². The van der Waals surface area contributed by atoms with Gasteiger partial charge >= 0.3 is 11.9 Å². The number of benzene rings is 2. The van der Waals surface area contributed by atoms with Crippen LogP contribution in [0.2, 0.25) is 10.0 Å². The lowest BCUT2D eigenvalue weighted by molar-refractivity contribution is -0.142. The van der Waals surface area contributed by atoms with Gasteiger partial charge in [-0.05, 0) is 48.5 Å². The van der Waals surface area contributed by atoms with Crippen molar-refractivity contribution in [2.45, 2.75) is 24.7 Å². The molecule has 0 aromatic heterocycles. The first-order valence-electron chi connectivity index (χ1n) is 8.60. The molecule has 1 aliphatic rings. The second kappa shape index (κ2) is 9.54. The normalized spacial score (nSPS) is 23.6. The number of methoxy groups -OCH3 is 1. The predicted molar refractivity (Wildman–Crippen MR) is 103 cm³/mol. The zero-order valence-corrected chi connectivity index (χ0v) is 16.7. The minimum absolute atomic E-state index is 0.194. The quantitative estimate of drug-likeness (QED) is 0.627. The second-order valence-corrected chi connectivity index (χ2v) is 7.08. The van der Waals surface area contributed by atoms with Crippen LogP contribution in [0.3, 0.4) is 0 Å². The van der Waals surface area contributed by atoms with Gasteiger partial charge in [-0.25, -0.2) is 14.0 Å². The van der Waals surface area contributed by atoms with E-state index < -0.39 is 36.6 Å². The summed E-state index contributed by atoms with van der Waals surface area (Å²) in [5, 5.41) is 0.915. The van der Waals surface area contributed by atoms with Crippen LogP contribution in [0.15, 0.2) is 48.5 Å². The van der Waals surface area contributed by atoms with Crippen molar-refractivity contribution < 1.29 is 32.9 Å². The first-order valence-corrected chi connectivity index (χ1v) is 9.36. The molecule has 0 spiro atoms. The maximum atomic E-state index is 14.6. The van der Waals surface area contributed by atoms with E-state index in [2.05, 4.69) is 0 Å². The highest BCUT2D eigenvalue weighted by molar-refractivity contribution is 6.30. The molecule has 0 aliphatic carbocycles. The van der Waals surface area contributed by atoms with E-state index in [0.29, 0.717) is 10.0 Å². The molecular formula is C20H17Cl2FO6. The fourth-order valence-electron chi connectivity index (χ4n) is 2.75. The monoisotopic (exact) mass is 442 g/mol. The maximum absolute atomic E-state index is 14.6. The van der Waals surface area contributed by atoms with Crippen LogP contribution in [-0.2, 0) is 18.9 Å². The zero-order chi connectivity index (χ0) is 21.0. The van der Waals surface area contributed by atoms with E-state index in [4.69, 9.17) is 42.1 Å². The van der Waals surface area contributed by atoms with E-state index in [1.807, 2.05) is 0 Å². The SMILES string of the molecule is COC1O[C@H](COC(=O)c2ccc(Cl)cc2)[C@@H](OC(=O)c2ccc(Cl)cc2)[C@@H]1F. The summed E-state index contributed by atoms with van der Waals surface area (Å²) in [6, 6.07) is 12.0. The molecule has 1 heterocycles. The van der Waals surface area contributed by atoms with Crippen molar-refractivity contribution in [2.75, 3.05) is 13.7 Å².